The van der Waals surface area contributed by atoms with Crippen molar-refractivity contribution in [3.05, 3.63) is 58.6 Å². The van der Waals surface area contributed by atoms with Gasteiger partial charge in [-0.15, -0.1) is 0 Å². The van der Waals surface area contributed by atoms with Crippen LogP contribution >= 0.6 is 11.6 Å². The van der Waals surface area contributed by atoms with Crippen LogP contribution in [0.15, 0.2) is 42.5 Å². The van der Waals surface area contributed by atoms with E-state index in [0.29, 0.717) is 22.5 Å². The zero-order valence-corrected chi connectivity index (χ0v) is 12.7. The highest BCUT2D eigenvalue weighted by molar-refractivity contribution is 6.32. The number of nitrogens with zero attached hydrogens (tertiary/aromatic N) is 1. The minimum atomic E-state index is -0.576. The lowest BCUT2D eigenvalue weighted by Gasteiger charge is -2.10. The summed E-state index contributed by atoms with van der Waals surface area (Å²) >= 11 is 5.90. The summed E-state index contributed by atoms with van der Waals surface area (Å²) in [7, 11) is 0. The standard InChI is InChI=1S/C16H13ClN4O2/c17-13-7-11(6-5-10(13)8-18)21-15(22)9-20-14-4-2-1-3-12(14)16(19)23/h1-7,20H,9H2,(H2,19,23)(H,21,22). The van der Waals surface area contributed by atoms with E-state index in [1.54, 1.807) is 30.3 Å². The average molecular weight is 329 g/mol. The van der Waals surface area contributed by atoms with Crippen molar-refractivity contribution < 1.29 is 9.59 Å². The number of carbonyl (C=O) groups is 2. The monoisotopic (exact) mass is 328 g/mol. The Kier molecular flexibility index (Phi) is 5.18. The number of carbonyl (C=O) groups excluding carboxylic acids is 2. The molecule has 2 rings (SSSR count). The zero-order chi connectivity index (χ0) is 16.8. The van der Waals surface area contributed by atoms with E-state index in [1.807, 2.05) is 6.07 Å². The van der Waals surface area contributed by atoms with Gasteiger partial charge in [0.2, 0.25) is 5.91 Å². The second-order valence-electron chi connectivity index (χ2n) is 4.62. The van der Waals surface area contributed by atoms with Gasteiger partial charge in [0, 0.05) is 11.4 Å². The van der Waals surface area contributed by atoms with Crippen LogP contribution in [-0.4, -0.2) is 18.4 Å². The molecular formula is C16H13ClN4O2. The van der Waals surface area contributed by atoms with Crippen molar-refractivity contribution in [3.63, 3.8) is 0 Å². The van der Waals surface area contributed by atoms with Gasteiger partial charge in [-0.3, -0.25) is 9.59 Å². The van der Waals surface area contributed by atoms with Gasteiger partial charge in [0.15, 0.2) is 0 Å². The summed E-state index contributed by atoms with van der Waals surface area (Å²) in [6.45, 7) is -0.0537. The van der Waals surface area contributed by atoms with Crippen LogP contribution in [0.3, 0.4) is 0 Å². The van der Waals surface area contributed by atoms with E-state index in [9.17, 15) is 9.59 Å². The third kappa shape index (κ3) is 4.22. The van der Waals surface area contributed by atoms with Gasteiger partial charge in [-0.05, 0) is 30.3 Å². The molecule has 0 fully saturated rings. The van der Waals surface area contributed by atoms with E-state index in [2.05, 4.69) is 10.6 Å². The van der Waals surface area contributed by atoms with Crippen LogP contribution in [0.2, 0.25) is 5.02 Å². The van der Waals surface area contributed by atoms with Gasteiger partial charge in [-0.1, -0.05) is 23.7 Å². The minimum absolute atomic E-state index is 0.0537. The Bertz CT molecular complexity index is 799. The predicted molar refractivity (Wildman–Crippen MR) is 88.2 cm³/mol. The summed E-state index contributed by atoms with van der Waals surface area (Å²) in [5.74, 6) is -0.905. The van der Waals surface area contributed by atoms with Crippen molar-refractivity contribution >= 4 is 34.8 Å². The summed E-state index contributed by atoms with van der Waals surface area (Å²) in [5, 5.41) is 14.6. The van der Waals surface area contributed by atoms with E-state index < -0.39 is 5.91 Å². The van der Waals surface area contributed by atoms with Crippen LogP contribution in [0.1, 0.15) is 15.9 Å². The second-order valence-corrected chi connectivity index (χ2v) is 5.03. The average Bonchev–Trinajstić information content (AvgIpc) is 2.53. The van der Waals surface area contributed by atoms with Crippen LogP contribution < -0.4 is 16.4 Å². The summed E-state index contributed by atoms with van der Waals surface area (Å²) in [4.78, 5) is 23.2. The predicted octanol–water partition coefficient (Wildman–Crippen LogP) is 2.36. The largest absolute Gasteiger partial charge is 0.376 e. The number of primary amides is 1. The molecule has 2 aromatic rings. The molecule has 4 N–H and O–H groups in total. The number of benzene rings is 2. The van der Waals surface area contributed by atoms with Crippen LogP contribution in [0, 0.1) is 11.3 Å². The fourth-order valence-electron chi connectivity index (χ4n) is 1.92. The highest BCUT2D eigenvalue weighted by Crippen LogP contribution is 2.20. The fourth-order valence-corrected chi connectivity index (χ4v) is 2.14. The molecule has 0 aliphatic carbocycles. The molecule has 7 heteroatoms. The van der Waals surface area contributed by atoms with Crippen molar-refractivity contribution in [2.75, 3.05) is 17.2 Å². The first-order valence-electron chi connectivity index (χ1n) is 6.63. The zero-order valence-electron chi connectivity index (χ0n) is 12.0. The highest BCUT2D eigenvalue weighted by atomic mass is 35.5. The topological polar surface area (TPSA) is 108 Å². The number of nitrogens with two attached hydrogens (primary N) is 1. The van der Waals surface area contributed by atoms with Crippen molar-refractivity contribution in [1.82, 2.24) is 0 Å². The third-order valence-corrected chi connectivity index (χ3v) is 3.32. The van der Waals surface area contributed by atoms with Crippen LogP contribution in [0.25, 0.3) is 0 Å². The van der Waals surface area contributed by atoms with Crippen molar-refractivity contribution in [1.29, 1.82) is 5.26 Å². The maximum absolute atomic E-state index is 11.9. The van der Waals surface area contributed by atoms with Gasteiger partial charge in [0.05, 0.1) is 22.7 Å². The number of hydrogen-bond donors (Lipinski definition) is 3. The molecule has 6 nitrogen and oxygen atoms in total. The Morgan fingerprint density at radius 3 is 2.61 bits per heavy atom. The summed E-state index contributed by atoms with van der Waals surface area (Å²) in [6, 6.07) is 13.2. The van der Waals surface area contributed by atoms with E-state index in [-0.39, 0.29) is 17.5 Å². The molecule has 0 spiro atoms. The van der Waals surface area contributed by atoms with Gasteiger partial charge in [0.25, 0.3) is 5.91 Å². The van der Waals surface area contributed by atoms with Crippen LogP contribution in [-0.2, 0) is 4.79 Å². The third-order valence-electron chi connectivity index (χ3n) is 3.01. The fraction of sp³-hybridized carbons (Fsp3) is 0.0625. The molecule has 0 aromatic heterocycles. The Morgan fingerprint density at radius 1 is 1.22 bits per heavy atom. The first-order valence-corrected chi connectivity index (χ1v) is 7.01. The van der Waals surface area contributed by atoms with Crippen molar-refractivity contribution in [2.24, 2.45) is 5.73 Å². The number of para-hydroxylation sites is 1. The number of nitrogens with one attached hydrogen (secondary N) is 2. The Balaban J connectivity index is 2.00. The molecule has 0 radical (unpaired) electrons. The van der Waals surface area contributed by atoms with Crippen LogP contribution in [0.5, 0.6) is 0 Å². The molecule has 2 aromatic carbocycles. The van der Waals surface area contributed by atoms with E-state index in [1.165, 1.54) is 12.1 Å². The summed E-state index contributed by atoms with van der Waals surface area (Å²) in [6.07, 6.45) is 0. The lowest BCUT2D eigenvalue weighted by Crippen LogP contribution is -2.23. The van der Waals surface area contributed by atoms with E-state index in [4.69, 9.17) is 22.6 Å². The van der Waals surface area contributed by atoms with Gasteiger partial charge in [0.1, 0.15) is 6.07 Å². The van der Waals surface area contributed by atoms with E-state index in [0.717, 1.165) is 0 Å². The molecule has 0 unspecified atom stereocenters. The van der Waals surface area contributed by atoms with Gasteiger partial charge >= 0.3 is 0 Å². The number of halogens is 1. The Hall–Kier alpha value is -3.04. The van der Waals surface area contributed by atoms with Crippen molar-refractivity contribution in [3.8, 4) is 6.07 Å². The molecular weight excluding hydrogens is 316 g/mol. The molecule has 0 atom stereocenters. The first-order chi connectivity index (χ1) is 11.0. The SMILES string of the molecule is N#Cc1ccc(NC(=O)CNc2ccccc2C(N)=O)cc1Cl. The van der Waals surface area contributed by atoms with Crippen LogP contribution in [0.4, 0.5) is 11.4 Å². The molecule has 0 saturated carbocycles. The maximum Gasteiger partial charge on any atom is 0.250 e. The molecule has 116 valence electrons. The molecule has 0 heterocycles. The summed E-state index contributed by atoms with van der Waals surface area (Å²) < 4.78 is 0. The lowest BCUT2D eigenvalue weighted by atomic mass is 10.1. The van der Waals surface area contributed by atoms with Crippen molar-refractivity contribution in [2.45, 2.75) is 0 Å². The summed E-state index contributed by atoms with van der Waals surface area (Å²) in [5.41, 5.74) is 6.86. The molecule has 0 saturated heterocycles. The Labute approximate surface area is 137 Å². The quantitative estimate of drug-likeness (QED) is 0.782. The van der Waals surface area contributed by atoms with Gasteiger partial charge in [-0.2, -0.15) is 5.26 Å². The molecule has 0 bridgehead atoms. The Morgan fingerprint density at radius 2 is 1.96 bits per heavy atom. The molecule has 2 amide bonds. The number of nitriles is 1. The lowest BCUT2D eigenvalue weighted by molar-refractivity contribution is -0.114. The minimum Gasteiger partial charge on any atom is -0.376 e. The number of amides is 2. The molecule has 23 heavy (non-hydrogen) atoms. The van der Waals surface area contributed by atoms with E-state index >= 15 is 0 Å². The smallest absolute Gasteiger partial charge is 0.250 e. The highest BCUT2D eigenvalue weighted by Gasteiger charge is 2.09. The first kappa shape index (κ1) is 16.3. The second kappa shape index (κ2) is 7.29. The number of rotatable bonds is 5. The van der Waals surface area contributed by atoms with Gasteiger partial charge < -0.3 is 16.4 Å². The normalized spacial score (nSPS) is 9.74. The molecule has 0 aliphatic rings. The number of hydrogen-bond acceptors (Lipinski definition) is 4. The maximum atomic E-state index is 11.9. The van der Waals surface area contributed by atoms with Gasteiger partial charge in [-0.25, -0.2) is 0 Å². The number of anilines is 2. The molecule has 0 aliphatic heterocycles.